The molecule has 0 saturated heterocycles. The third-order valence-corrected chi connectivity index (χ3v) is 3.78. The summed E-state index contributed by atoms with van der Waals surface area (Å²) in [6.45, 7) is 5.24. The minimum absolute atomic E-state index is 0.125. The zero-order valence-corrected chi connectivity index (χ0v) is 12.3. The van der Waals surface area contributed by atoms with E-state index in [-0.39, 0.29) is 5.91 Å². The minimum atomic E-state index is -0.125. The van der Waals surface area contributed by atoms with E-state index < -0.39 is 0 Å². The molecule has 0 radical (unpaired) electrons. The van der Waals surface area contributed by atoms with Gasteiger partial charge in [0.1, 0.15) is 17.3 Å². The molecule has 0 aliphatic carbocycles. The summed E-state index contributed by atoms with van der Waals surface area (Å²) in [6, 6.07) is 1.72. The Morgan fingerprint density at radius 2 is 2.29 bits per heavy atom. The number of hydrogen-bond donors (Lipinski definition) is 1. The second kappa shape index (κ2) is 5.63. The van der Waals surface area contributed by atoms with Crippen LogP contribution in [0.15, 0.2) is 18.5 Å². The molecule has 110 valence electrons. The zero-order valence-electron chi connectivity index (χ0n) is 12.3. The van der Waals surface area contributed by atoms with E-state index >= 15 is 0 Å². The Morgan fingerprint density at radius 1 is 1.43 bits per heavy atom. The molecule has 0 bridgehead atoms. The molecule has 2 aromatic heterocycles. The Labute approximate surface area is 123 Å². The molecule has 1 aliphatic heterocycles. The first kappa shape index (κ1) is 13.7. The van der Waals surface area contributed by atoms with Crippen LogP contribution in [-0.2, 0) is 13.0 Å². The Bertz CT molecular complexity index is 644. The van der Waals surface area contributed by atoms with Crippen LogP contribution in [0.3, 0.4) is 0 Å². The lowest BCUT2D eigenvalue weighted by Crippen LogP contribution is -2.34. The number of amides is 1. The fourth-order valence-electron chi connectivity index (χ4n) is 2.76. The summed E-state index contributed by atoms with van der Waals surface area (Å²) >= 11 is 0. The van der Waals surface area contributed by atoms with E-state index in [1.807, 2.05) is 19.3 Å². The highest BCUT2D eigenvalue weighted by atomic mass is 16.1. The average molecular weight is 285 g/mol. The maximum Gasteiger partial charge on any atom is 0.270 e. The van der Waals surface area contributed by atoms with Crippen molar-refractivity contribution in [1.29, 1.82) is 0 Å². The number of carbonyl (C=O) groups excluding carboxylic acids is 1. The molecule has 0 saturated carbocycles. The van der Waals surface area contributed by atoms with Gasteiger partial charge in [-0.3, -0.25) is 4.79 Å². The number of rotatable bonds is 3. The van der Waals surface area contributed by atoms with Gasteiger partial charge in [-0.15, -0.1) is 0 Å². The van der Waals surface area contributed by atoms with Gasteiger partial charge in [0.25, 0.3) is 5.91 Å². The molecule has 21 heavy (non-hydrogen) atoms. The number of hydrogen-bond acceptors (Lipinski definition) is 4. The summed E-state index contributed by atoms with van der Waals surface area (Å²) in [5.41, 5.74) is 1.26. The van der Waals surface area contributed by atoms with E-state index in [4.69, 9.17) is 0 Å². The lowest BCUT2D eigenvalue weighted by Gasteiger charge is -2.23. The van der Waals surface area contributed by atoms with Crippen molar-refractivity contribution in [3.05, 3.63) is 41.5 Å². The van der Waals surface area contributed by atoms with E-state index in [0.29, 0.717) is 24.0 Å². The van der Waals surface area contributed by atoms with E-state index in [9.17, 15) is 4.79 Å². The fraction of sp³-hybridized carbons (Fsp3) is 0.467. The first-order valence-corrected chi connectivity index (χ1v) is 7.22. The summed E-state index contributed by atoms with van der Waals surface area (Å²) < 4.78 is 2.17. The van der Waals surface area contributed by atoms with Crippen LogP contribution in [-0.4, -0.2) is 32.0 Å². The van der Waals surface area contributed by atoms with Gasteiger partial charge >= 0.3 is 0 Å². The molecule has 3 rings (SSSR count). The van der Waals surface area contributed by atoms with Crippen LogP contribution in [0.2, 0.25) is 0 Å². The average Bonchev–Trinajstić information content (AvgIpc) is 2.91. The van der Waals surface area contributed by atoms with Gasteiger partial charge in [0.05, 0.1) is 0 Å². The summed E-state index contributed by atoms with van der Waals surface area (Å²) in [5, 5.41) is 2.98. The minimum Gasteiger partial charge on any atom is -0.350 e. The van der Waals surface area contributed by atoms with Crippen molar-refractivity contribution in [1.82, 2.24) is 24.8 Å². The van der Waals surface area contributed by atoms with Gasteiger partial charge in [0.2, 0.25) is 0 Å². The standard InChI is InChI=1S/C15H19N5O/c1-10-7-13(19-11(2)18-10)15(21)17-8-12-3-4-14-16-5-6-20(14)9-12/h5-7,12H,3-4,8-9H2,1-2H3,(H,17,21)/t12-/m0/s1. The van der Waals surface area contributed by atoms with Crippen molar-refractivity contribution in [3.8, 4) is 0 Å². The maximum absolute atomic E-state index is 12.2. The number of nitrogens with one attached hydrogen (secondary N) is 1. The predicted molar refractivity (Wildman–Crippen MR) is 77.9 cm³/mol. The Morgan fingerprint density at radius 3 is 3.10 bits per heavy atom. The van der Waals surface area contributed by atoms with E-state index in [0.717, 1.165) is 30.9 Å². The van der Waals surface area contributed by atoms with Crippen LogP contribution < -0.4 is 5.32 Å². The highest BCUT2D eigenvalue weighted by molar-refractivity contribution is 5.92. The van der Waals surface area contributed by atoms with E-state index in [2.05, 4.69) is 24.8 Å². The summed E-state index contributed by atoms with van der Waals surface area (Å²) in [4.78, 5) is 24.9. The Kier molecular flexibility index (Phi) is 3.68. The summed E-state index contributed by atoms with van der Waals surface area (Å²) in [5.74, 6) is 2.08. The molecule has 2 aromatic rings. The number of carbonyl (C=O) groups is 1. The van der Waals surface area contributed by atoms with E-state index in [1.165, 1.54) is 0 Å². The molecule has 0 fully saturated rings. The normalized spacial score (nSPS) is 17.3. The highest BCUT2D eigenvalue weighted by Gasteiger charge is 2.19. The van der Waals surface area contributed by atoms with Gasteiger partial charge in [0, 0.05) is 37.6 Å². The maximum atomic E-state index is 12.2. The molecule has 1 amide bonds. The van der Waals surface area contributed by atoms with Gasteiger partial charge in [0.15, 0.2) is 0 Å². The first-order valence-electron chi connectivity index (χ1n) is 7.22. The van der Waals surface area contributed by atoms with Crippen LogP contribution >= 0.6 is 0 Å². The largest absolute Gasteiger partial charge is 0.350 e. The van der Waals surface area contributed by atoms with Crippen molar-refractivity contribution < 1.29 is 4.79 Å². The molecule has 0 spiro atoms. The SMILES string of the molecule is Cc1cc(C(=O)NC[C@@H]2CCc3nccn3C2)nc(C)n1. The van der Waals surface area contributed by atoms with Crippen molar-refractivity contribution in [2.75, 3.05) is 6.54 Å². The van der Waals surface area contributed by atoms with Gasteiger partial charge < -0.3 is 9.88 Å². The van der Waals surface area contributed by atoms with Crippen LogP contribution in [0, 0.1) is 19.8 Å². The quantitative estimate of drug-likeness (QED) is 0.922. The molecular formula is C15H19N5O. The third kappa shape index (κ3) is 3.09. The Balaban J connectivity index is 1.59. The molecule has 6 nitrogen and oxygen atoms in total. The molecule has 0 aromatic carbocycles. The van der Waals surface area contributed by atoms with Crippen molar-refractivity contribution in [2.24, 2.45) is 5.92 Å². The predicted octanol–water partition coefficient (Wildman–Crippen LogP) is 1.28. The summed E-state index contributed by atoms with van der Waals surface area (Å²) in [7, 11) is 0. The van der Waals surface area contributed by atoms with E-state index in [1.54, 1.807) is 13.0 Å². The third-order valence-electron chi connectivity index (χ3n) is 3.78. The highest BCUT2D eigenvalue weighted by Crippen LogP contribution is 2.18. The van der Waals surface area contributed by atoms with Gasteiger partial charge in [-0.2, -0.15) is 0 Å². The second-order valence-corrected chi connectivity index (χ2v) is 5.55. The number of nitrogens with zero attached hydrogens (tertiary/aromatic N) is 4. The van der Waals surface area contributed by atoms with Crippen molar-refractivity contribution >= 4 is 5.91 Å². The lowest BCUT2D eigenvalue weighted by molar-refractivity contribution is 0.0938. The Hall–Kier alpha value is -2.24. The fourth-order valence-corrected chi connectivity index (χ4v) is 2.76. The van der Waals surface area contributed by atoms with Gasteiger partial charge in [-0.25, -0.2) is 15.0 Å². The zero-order chi connectivity index (χ0) is 14.8. The van der Waals surface area contributed by atoms with Crippen LogP contribution in [0.5, 0.6) is 0 Å². The number of imidazole rings is 1. The molecule has 6 heteroatoms. The molecule has 3 heterocycles. The number of aromatic nitrogens is 4. The number of fused-ring (bicyclic) bond motifs is 1. The second-order valence-electron chi connectivity index (χ2n) is 5.55. The lowest BCUT2D eigenvalue weighted by atomic mass is 9.99. The van der Waals surface area contributed by atoms with Crippen molar-refractivity contribution in [3.63, 3.8) is 0 Å². The molecule has 1 aliphatic rings. The van der Waals surface area contributed by atoms with Gasteiger partial charge in [-0.1, -0.05) is 0 Å². The topological polar surface area (TPSA) is 72.7 Å². The molecule has 1 atom stereocenters. The molecular weight excluding hydrogens is 266 g/mol. The van der Waals surface area contributed by atoms with Gasteiger partial charge in [-0.05, 0) is 32.3 Å². The van der Waals surface area contributed by atoms with Crippen molar-refractivity contribution in [2.45, 2.75) is 33.2 Å². The van der Waals surface area contributed by atoms with Crippen LogP contribution in [0.25, 0.3) is 0 Å². The monoisotopic (exact) mass is 285 g/mol. The summed E-state index contributed by atoms with van der Waals surface area (Å²) in [6.07, 6.45) is 5.86. The van der Waals surface area contributed by atoms with Crippen LogP contribution in [0.4, 0.5) is 0 Å². The molecule has 1 N–H and O–H groups in total. The van der Waals surface area contributed by atoms with Crippen LogP contribution in [0.1, 0.15) is 34.3 Å². The smallest absolute Gasteiger partial charge is 0.270 e. The molecule has 0 unspecified atom stereocenters. The number of aryl methyl sites for hydroxylation is 3. The first-order chi connectivity index (χ1) is 10.1.